The number of carbonyl (C=O) groups is 1. The smallest absolute Gasteiger partial charge is 0.254 e. The van der Waals surface area contributed by atoms with Gasteiger partial charge in [0, 0.05) is 23.2 Å². The summed E-state index contributed by atoms with van der Waals surface area (Å²) in [7, 11) is 0. The molecule has 0 heterocycles. The molecular formula is C16H22ClNO. The summed E-state index contributed by atoms with van der Waals surface area (Å²) in [5, 5.41) is 0.631. The molecule has 0 N–H and O–H groups in total. The molecule has 2 nitrogen and oxygen atoms in total. The van der Waals surface area contributed by atoms with E-state index in [0.29, 0.717) is 16.6 Å². The maximum atomic E-state index is 12.7. The van der Waals surface area contributed by atoms with Crippen molar-refractivity contribution in [3.05, 3.63) is 34.9 Å². The maximum Gasteiger partial charge on any atom is 0.254 e. The van der Waals surface area contributed by atoms with E-state index in [1.165, 1.54) is 19.3 Å². The minimum absolute atomic E-state index is 0.135. The van der Waals surface area contributed by atoms with Crippen LogP contribution >= 0.6 is 11.6 Å². The number of benzene rings is 1. The van der Waals surface area contributed by atoms with Crippen molar-refractivity contribution in [2.45, 2.75) is 51.5 Å². The van der Waals surface area contributed by atoms with Crippen LogP contribution in [0.3, 0.4) is 0 Å². The molecule has 2 rings (SSSR count). The monoisotopic (exact) mass is 279 g/mol. The lowest BCUT2D eigenvalue weighted by atomic mass is 9.93. The molecule has 0 aromatic heterocycles. The molecule has 0 radical (unpaired) electrons. The molecule has 0 saturated heterocycles. The Morgan fingerprint density at radius 3 is 2.68 bits per heavy atom. The normalized spacial score (nSPS) is 16.3. The molecule has 1 fully saturated rings. The fraction of sp³-hybridized carbons (Fsp3) is 0.562. The molecule has 104 valence electrons. The lowest BCUT2D eigenvalue weighted by molar-refractivity contribution is 0.0634. The Morgan fingerprint density at radius 2 is 2.05 bits per heavy atom. The van der Waals surface area contributed by atoms with Crippen LogP contribution in [0.15, 0.2) is 24.3 Å². The van der Waals surface area contributed by atoms with Crippen LogP contribution < -0.4 is 0 Å². The molecule has 1 saturated carbocycles. The van der Waals surface area contributed by atoms with Crippen molar-refractivity contribution in [2.75, 3.05) is 6.54 Å². The van der Waals surface area contributed by atoms with Gasteiger partial charge in [0.2, 0.25) is 0 Å². The molecule has 1 aliphatic carbocycles. The fourth-order valence-electron chi connectivity index (χ4n) is 2.87. The molecule has 1 aliphatic rings. The molecule has 3 heteroatoms. The average Bonchev–Trinajstić information content (AvgIpc) is 2.45. The molecule has 0 aliphatic heterocycles. The molecule has 0 unspecified atom stereocenters. The Balaban J connectivity index is 2.15. The number of carbonyl (C=O) groups excluding carboxylic acids is 1. The van der Waals surface area contributed by atoms with Gasteiger partial charge in [-0.2, -0.15) is 0 Å². The molecule has 1 amide bonds. The number of hydrogen-bond acceptors (Lipinski definition) is 1. The second kappa shape index (κ2) is 6.95. The summed E-state index contributed by atoms with van der Waals surface area (Å²) < 4.78 is 0. The van der Waals surface area contributed by atoms with Crippen molar-refractivity contribution < 1.29 is 4.79 Å². The Hall–Kier alpha value is -1.02. The van der Waals surface area contributed by atoms with E-state index in [9.17, 15) is 4.79 Å². The van der Waals surface area contributed by atoms with Crippen LogP contribution in [0.1, 0.15) is 55.8 Å². The van der Waals surface area contributed by atoms with Crippen LogP contribution in [0.25, 0.3) is 0 Å². The molecular weight excluding hydrogens is 258 g/mol. The van der Waals surface area contributed by atoms with Gasteiger partial charge in [-0.1, -0.05) is 43.9 Å². The van der Waals surface area contributed by atoms with Crippen molar-refractivity contribution in [3.8, 4) is 0 Å². The van der Waals surface area contributed by atoms with Crippen molar-refractivity contribution in [1.29, 1.82) is 0 Å². The summed E-state index contributed by atoms with van der Waals surface area (Å²) in [6, 6.07) is 7.71. The third-order valence-corrected chi connectivity index (χ3v) is 4.05. The van der Waals surface area contributed by atoms with Gasteiger partial charge in [0.1, 0.15) is 0 Å². The van der Waals surface area contributed by atoms with E-state index in [4.69, 9.17) is 11.6 Å². The van der Waals surface area contributed by atoms with Gasteiger partial charge in [-0.15, -0.1) is 0 Å². The first-order chi connectivity index (χ1) is 9.22. The maximum absolute atomic E-state index is 12.7. The number of hydrogen-bond donors (Lipinski definition) is 0. The summed E-state index contributed by atoms with van der Waals surface area (Å²) in [6.07, 6.45) is 7.09. The second-order valence-corrected chi connectivity index (χ2v) is 5.74. The summed E-state index contributed by atoms with van der Waals surface area (Å²) >= 11 is 5.99. The summed E-state index contributed by atoms with van der Waals surface area (Å²) in [6.45, 7) is 2.97. The van der Waals surface area contributed by atoms with Gasteiger partial charge in [-0.25, -0.2) is 0 Å². The molecule has 0 bridgehead atoms. The molecule has 1 aromatic rings. The van der Waals surface area contributed by atoms with Crippen LogP contribution in [0.2, 0.25) is 5.02 Å². The third kappa shape index (κ3) is 3.73. The molecule has 0 spiro atoms. The van der Waals surface area contributed by atoms with E-state index in [1.807, 2.05) is 18.2 Å². The minimum atomic E-state index is 0.135. The topological polar surface area (TPSA) is 20.3 Å². The van der Waals surface area contributed by atoms with Crippen LogP contribution in [-0.2, 0) is 0 Å². The third-order valence-electron chi connectivity index (χ3n) is 3.81. The van der Waals surface area contributed by atoms with E-state index in [2.05, 4.69) is 11.8 Å². The van der Waals surface area contributed by atoms with E-state index in [-0.39, 0.29) is 5.91 Å². The van der Waals surface area contributed by atoms with Crippen molar-refractivity contribution in [1.82, 2.24) is 4.90 Å². The number of halogens is 1. The van der Waals surface area contributed by atoms with Crippen molar-refractivity contribution >= 4 is 17.5 Å². The highest BCUT2D eigenvalue weighted by Gasteiger charge is 2.25. The summed E-state index contributed by atoms with van der Waals surface area (Å²) in [4.78, 5) is 14.7. The fourth-order valence-corrected chi connectivity index (χ4v) is 3.06. The summed E-state index contributed by atoms with van der Waals surface area (Å²) in [5.41, 5.74) is 0.714. The predicted molar refractivity (Wildman–Crippen MR) is 79.7 cm³/mol. The first-order valence-electron chi connectivity index (χ1n) is 7.29. The van der Waals surface area contributed by atoms with Gasteiger partial charge in [0.05, 0.1) is 0 Å². The van der Waals surface area contributed by atoms with Crippen LogP contribution in [-0.4, -0.2) is 23.4 Å². The molecule has 1 aromatic carbocycles. The number of nitrogens with zero attached hydrogens (tertiary/aromatic N) is 1. The predicted octanol–water partition coefficient (Wildman–Crippen LogP) is 4.52. The standard InChI is InChI=1S/C16H22ClNO/c1-2-11-18(15-9-4-3-5-10-15)16(19)13-7-6-8-14(17)12-13/h6-8,12,15H,2-5,9-11H2,1H3. The lowest BCUT2D eigenvalue weighted by Crippen LogP contribution is -2.41. The first kappa shape index (κ1) is 14.4. The Bertz CT molecular complexity index is 427. The van der Waals surface area contributed by atoms with E-state index >= 15 is 0 Å². The first-order valence-corrected chi connectivity index (χ1v) is 7.66. The zero-order chi connectivity index (χ0) is 13.7. The van der Waals surface area contributed by atoms with Gasteiger partial charge >= 0.3 is 0 Å². The zero-order valence-corrected chi connectivity index (χ0v) is 12.3. The lowest BCUT2D eigenvalue weighted by Gasteiger charge is -2.34. The molecule has 19 heavy (non-hydrogen) atoms. The highest BCUT2D eigenvalue weighted by Crippen LogP contribution is 2.24. The number of amides is 1. The van der Waals surface area contributed by atoms with Crippen LogP contribution in [0.4, 0.5) is 0 Å². The van der Waals surface area contributed by atoms with Crippen molar-refractivity contribution in [2.24, 2.45) is 0 Å². The Labute approximate surface area is 120 Å². The second-order valence-electron chi connectivity index (χ2n) is 5.30. The highest BCUT2D eigenvalue weighted by atomic mass is 35.5. The van der Waals surface area contributed by atoms with Gasteiger partial charge in [-0.3, -0.25) is 4.79 Å². The largest absolute Gasteiger partial charge is 0.336 e. The van der Waals surface area contributed by atoms with Crippen LogP contribution in [0, 0.1) is 0 Å². The van der Waals surface area contributed by atoms with E-state index in [0.717, 1.165) is 25.8 Å². The van der Waals surface area contributed by atoms with E-state index < -0.39 is 0 Å². The van der Waals surface area contributed by atoms with Gasteiger partial charge in [-0.05, 0) is 37.5 Å². The minimum Gasteiger partial charge on any atom is -0.336 e. The average molecular weight is 280 g/mol. The zero-order valence-electron chi connectivity index (χ0n) is 11.6. The van der Waals surface area contributed by atoms with Gasteiger partial charge in [0.15, 0.2) is 0 Å². The number of rotatable bonds is 4. The Morgan fingerprint density at radius 1 is 1.32 bits per heavy atom. The van der Waals surface area contributed by atoms with E-state index in [1.54, 1.807) is 6.07 Å². The quantitative estimate of drug-likeness (QED) is 0.793. The molecule has 0 atom stereocenters. The van der Waals surface area contributed by atoms with Gasteiger partial charge < -0.3 is 4.90 Å². The van der Waals surface area contributed by atoms with Crippen LogP contribution in [0.5, 0.6) is 0 Å². The SMILES string of the molecule is CCCN(C(=O)c1cccc(Cl)c1)C1CCCCC1. The summed E-state index contributed by atoms with van der Waals surface area (Å²) in [5.74, 6) is 0.135. The van der Waals surface area contributed by atoms with Gasteiger partial charge in [0.25, 0.3) is 5.91 Å². The highest BCUT2D eigenvalue weighted by molar-refractivity contribution is 6.30. The van der Waals surface area contributed by atoms with Crippen molar-refractivity contribution in [3.63, 3.8) is 0 Å². The Kier molecular flexibility index (Phi) is 5.26.